The first-order valence-corrected chi connectivity index (χ1v) is 8.71. The molecule has 126 valence electrons. The van der Waals surface area contributed by atoms with Gasteiger partial charge in [-0.15, -0.1) is 17.9 Å². The van der Waals surface area contributed by atoms with Crippen molar-refractivity contribution in [2.24, 2.45) is 0 Å². The van der Waals surface area contributed by atoms with Gasteiger partial charge in [-0.05, 0) is 38.6 Å². The predicted octanol–water partition coefficient (Wildman–Crippen LogP) is 3.25. The average molecular weight is 354 g/mol. The van der Waals surface area contributed by atoms with Gasteiger partial charge in [-0.25, -0.2) is 4.79 Å². The van der Waals surface area contributed by atoms with E-state index in [1.165, 1.54) is 11.3 Å². The zero-order valence-corrected chi connectivity index (χ0v) is 15.3. The van der Waals surface area contributed by atoms with Gasteiger partial charge in [0.2, 0.25) is 0 Å². The van der Waals surface area contributed by atoms with Crippen LogP contribution in [0.4, 0.5) is 5.69 Å². The second kappa shape index (κ2) is 7.42. The molecule has 0 saturated heterocycles. The van der Waals surface area contributed by atoms with Gasteiger partial charge in [0, 0.05) is 17.8 Å². The SMILES string of the molecule is C=CCNC(=S)Nc1c(C(=O)OCC)sc2c1CC(C)(C)OC2. The molecule has 0 atom stereocenters. The Kier molecular flexibility index (Phi) is 5.78. The van der Waals surface area contributed by atoms with Crippen LogP contribution in [-0.4, -0.2) is 29.8 Å². The fraction of sp³-hybridized carbons (Fsp3) is 0.500. The van der Waals surface area contributed by atoms with Crippen molar-refractivity contribution in [2.45, 2.75) is 39.4 Å². The number of carbonyl (C=O) groups is 1. The highest BCUT2D eigenvalue weighted by atomic mass is 32.1. The molecule has 2 N–H and O–H groups in total. The molecule has 0 radical (unpaired) electrons. The van der Waals surface area contributed by atoms with Gasteiger partial charge in [0.15, 0.2) is 5.11 Å². The quantitative estimate of drug-likeness (QED) is 0.481. The molecular formula is C16H22N2O3S2. The number of esters is 1. The minimum absolute atomic E-state index is 0.271. The highest BCUT2D eigenvalue weighted by Crippen LogP contribution is 2.41. The zero-order valence-electron chi connectivity index (χ0n) is 13.7. The predicted molar refractivity (Wildman–Crippen MR) is 97.3 cm³/mol. The lowest BCUT2D eigenvalue weighted by Crippen LogP contribution is -2.33. The van der Waals surface area contributed by atoms with Crippen molar-refractivity contribution in [3.05, 3.63) is 28.0 Å². The fourth-order valence-electron chi connectivity index (χ4n) is 2.35. The molecule has 1 aliphatic heterocycles. The molecule has 1 aliphatic rings. The highest BCUT2D eigenvalue weighted by molar-refractivity contribution is 7.80. The number of ether oxygens (including phenoxy) is 2. The van der Waals surface area contributed by atoms with Crippen molar-refractivity contribution in [1.82, 2.24) is 5.32 Å². The summed E-state index contributed by atoms with van der Waals surface area (Å²) >= 11 is 6.70. The Morgan fingerprint density at radius 1 is 1.57 bits per heavy atom. The van der Waals surface area contributed by atoms with E-state index < -0.39 is 0 Å². The first kappa shape index (κ1) is 17.9. The van der Waals surface area contributed by atoms with E-state index in [4.69, 9.17) is 21.7 Å². The van der Waals surface area contributed by atoms with Crippen molar-refractivity contribution >= 4 is 40.3 Å². The number of hydrogen-bond acceptors (Lipinski definition) is 5. The normalized spacial score (nSPS) is 15.4. The smallest absolute Gasteiger partial charge is 0.350 e. The van der Waals surface area contributed by atoms with Gasteiger partial charge < -0.3 is 20.1 Å². The van der Waals surface area contributed by atoms with Crippen LogP contribution in [0.25, 0.3) is 0 Å². The van der Waals surface area contributed by atoms with E-state index in [0.717, 1.165) is 16.1 Å². The molecule has 0 spiro atoms. The van der Waals surface area contributed by atoms with Crippen LogP contribution in [0, 0.1) is 0 Å². The van der Waals surface area contributed by atoms with Crippen LogP contribution in [0.2, 0.25) is 0 Å². The maximum Gasteiger partial charge on any atom is 0.350 e. The van der Waals surface area contributed by atoms with Crippen molar-refractivity contribution in [3.63, 3.8) is 0 Å². The summed E-state index contributed by atoms with van der Waals surface area (Å²) in [6.45, 7) is 10.9. The summed E-state index contributed by atoms with van der Waals surface area (Å²) in [7, 11) is 0. The number of anilines is 1. The minimum Gasteiger partial charge on any atom is -0.462 e. The van der Waals surface area contributed by atoms with Gasteiger partial charge in [-0.1, -0.05) is 6.08 Å². The Bertz CT molecular complexity index is 623. The van der Waals surface area contributed by atoms with Crippen LogP contribution in [0.3, 0.4) is 0 Å². The number of thiophene rings is 1. The number of fused-ring (bicyclic) bond motifs is 1. The number of carbonyl (C=O) groups excluding carboxylic acids is 1. The lowest BCUT2D eigenvalue weighted by atomic mass is 9.95. The summed E-state index contributed by atoms with van der Waals surface area (Å²) in [6.07, 6.45) is 2.44. The van der Waals surface area contributed by atoms with E-state index in [1.54, 1.807) is 13.0 Å². The average Bonchev–Trinajstić information content (AvgIpc) is 2.82. The van der Waals surface area contributed by atoms with E-state index in [0.29, 0.717) is 36.2 Å². The van der Waals surface area contributed by atoms with E-state index in [9.17, 15) is 4.79 Å². The van der Waals surface area contributed by atoms with Crippen LogP contribution in [0.5, 0.6) is 0 Å². The Morgan fingerprint density at radius 3 is 2.96 bits per heavy atom. The van der Waals surface area contributed by atoms with E-state index in [1.807, 2.05) is 13.8 Å². The molecule has 7 heteroatoms. The van der Waals surface area contributed by atoms with Crippen molar-refractivity contribution in [3.8, 4) is 0 Å². The minimum atomic E-state index is -0.335. The topological polar surface area (TPSA) is 59.6 Å². The van der Waals surface area contributed by atoms with Crippen LogP contribution in [-0.2, 0) is 22.5 Å². The van der Waals surface area contributed by atoms with E-state index in [2.05, 4.69) is 17.2 Å². The molecule has 5 nitrogen and oxygen atoms in total. The summed E-state index contributed by atoms with van der Waals surface area (Å²) in [5.74, 6) is -0.335. The summed E-state index contributed by atoms with van der Waals surface area (Å²) in [6, 6.07) is 0. The van der Waals surface area contributed by atoms with Crippen molar-refractivity contribution in [1.29, 1.82) is 0 Å². The van der Waals surface area contributed by atoms with Crippen LogP contribution in [0.15, 0.2) is 12.7 Å². The molecule has 0 fully saturated rings. The van der Waals surface area contributed by atoms with Gasteiger partial charge in [-0.3, -0.25) is 0 Å². The lowest BCUT2D eigenvalue weighted by molar-refractivity contribution is -0.0380. The molecule has 0 bridgehead atoms. The molecule has 0 unspecified atom stereocenters. The van der Waals surface area contributed by atoms with Gasteiger partial charge in [0.1, 0.15) is 4.88 Å². The molecule has 0 saturated carbocycles. The molecule has 1 aromatic rings. The first-order chi connectivity index (χ1) is 10.9. The Morgan fingerprint density at radius 2 is 2.30 bits per heavy atom. The molecule has 1 aromatic heterocycles. The number of nitrogens with one attached hydrogen (secondary N) is 2. The third kappa shape index (κ3) is 4.31. The standard InChI is InChI=1S/C16H22N2O3S2/c1-5-7-17-15(22)18-12-10-8-16(3,4)21-9-11(10)23-13(12)14(19)20-6-2/h5H,1,6-9H2,2-4H3,(H2,17,18,22). The van der Waals surface area contributed by atoms with E-state index >= 15 is 0 Å². The van der Waals surface area contributed by atoms with E-state index in [-0.39, 0.29) is 11.6 Å². The van der Waals surface area contributed by atoms with Gasteiger partial charge in [-0.2, -0.15) is 0 Å². The zero-order chi connectivity index (χ0) is 17.0. The Labute approximate surface area is 146 Å². The third-order valence-corrected chi connectivity index (χ3v) is 4.83. The summed E-state index contributed by atoms with van der Waals surface area (Å²) in [5, 5.41) is 6.64. The van der Waals surface area contributed by atoms with Crippen molar-refractivity contribution in [2.75, 3.05) is 18.5 Å². The molecule has 0 aromatic carbocycles. The second-order valence-corrected chi connectivity index (χ2v) is 7.29. The van der Waals surface area contributed by atoms with Crippen LogP contribution >= 0.6 is 23.6 Å². The number of hydrogen-bond donors (Lipinski definition) is 2. The maximum absolute atomic E-state index is 12.3. The van der Waals surface area contributed by atoms with Crippen LogP contribution < -0.4 is 10.6 Å². The maximum atomic E-state index is 12.3. The number of rotatable bonds is 5. The summed E-state index contributed by atoms with van der Waals surface area (Å²) in [4.78, 5) is 13.9. The molecule has 0 amide bonds. The van der Waals surface area contributed by atoms with Gasteiger partial charge in [0.25, 0.3) is 0 Å². The monoisotopic (exact) mass is 354 g/mol. The highest BCUT2D eigenvalue weighted by Gasteiger charge is 2.33. The summed E-state index contributed by atoms with van der Waals surface area (Å²) < 4.78 is 11.0. The molecule has 2 heterocycles. The second-order valence-electron chi connectivity index (χ2n) is 5.78. The Hall–Kier alpha value is -1.44. The van der Waals surface area contributed by atoms with Crippen molar-refractivity contribution < 1.29 is 14.3 Å². The van der Waals surface area contributed by atoms with Crippen LogP contribution in [0.1, 0.15) is 40.9 Å². The fourth-order valence-corrected chi connectivity index (χ4v) is 3.61. The van der Waals surface area contributed by atoms with Gasteiger partial charge in [0.05, 0.1) is 24.5 Å². The molecule has 0 aliphatic carbocycles. The third-order valence-electron chi connectivity index (χ3n) is 3.39. The lowest BCUT2D eigenvalue weighted by Gasteiger charge is -2.30. The molecular weight excluding hydrogens is 332 g/mol. The Balaban J connectivity index is 2.35. The first-order valence-electron chi connectivity index (χ1n) is 7.49. The molecule has 2 rings (SSSR count). The summed E-state index contributed by atoms with van der Waals surface area (Å²) in [5.41, 5.74) is 1.55. The van der Waals surface area contributed by atoms with Gasteiger partial charge >= 0.3 is 5.97 Å². The largest absolute Gasteiger partial charge is 0.462 e. The number of thiocarbonyl (C=S) groups is 1. The molecule has 23 heavy (non-hydrogen) atoms.